The summed E-state index contributed by atoms with van der Waals surface area (Å²) in [7, 11) is 3.57. The Balaban J connectivity index is 1.60. The number of hydrogen-bond acceptors (Lipinski definition) is 5. The molecule has 3 rings (SSSR count). The van der Waals surface area contributed by atoms with Gasteiger partial charge in [0, 0.05) is 38.9 Å². The van der Waals surface area contributed by atoms with E-state index in [1.54, 1.807) is 4.90 Å². The third-order valence-corrected chi connectivity index (χ3v) is 6.13. The Morgan fingerprint density at radius 1 is 1.04 bits per heavy atom. The Hall–Kier alpha value is -1.41. The molecule has 0 unspecified atom stereocenters. The zero-order valence-corrected chi connectivity index (χ0v) is 17.5. The predicted molar refractivity (Wildman–Crippen MR) is 110 cm³/mol. The molecule has 2 heterocycles. The minimum atomic E-state index is -0.379. The molecular weight excluding hydrogens is 341 g/mol. The van der Waals surface area contributed by atoms with E-state index in [4.69, 9.17) is 9.31 Å². The van der Waals surface area contributed by atoms with E-state index in [9.17, 15) is 4.79 Å². The summed E-state index contributed by atoms with van der Waals surface area (Å²) in [6, 6.07) is 7.89. The van der Waals surface area contributed by atoms with Crippen molar-refractivity contribution in [2.24, 2.45) is 0 Å². The van der Waals surface area contributed by atoms with Crippen molar-refractivity contribution in [3.8, 4) is 0 Å². The van der Waals surface area contributed by atoms with Gasteiger partial charge in [-0.15, -0.1) is 0 Å². The van der Waals surface area contributed by atoms with Gasteiger partial charge < -0.3 is 19.1 Å². The smallest absolute Gasteiger partial charge is 0.399 e. The van der Waals surface area contributed by atoms with E-state index in [1.165, 1.54) is 0 Å². The van der Waals surface area contributed by atoms with Crippen molar-refractivity contribution in [2.45, 2.75) is 38.9 Å². The molecule has 0 spiro atoms. The second-order valence-corrected chi connectivity index (χ2v) is 8.71. The van der Waals surface area contributed by atoms with Crippen molar-refractivity contribution in [1.82, 2.24) is 9.80 Å². The molecule has 1 aromatic carbocycles. The van der Waals surface area contributed by atoms with Gasteiger partial charge >= 0.3 is 7.12 Å². The lowest BCUT2D eigenvalue weighted by Crippen LogP contribution is -2.48. The van der Waals surface area contributed by atoms with Crippen LogP contribution >= 0.6 is 0 Å². The summed E-state index contributed by atoms with van der Waals surface area (Å²) >= 11 is 0. The van der Waals surface area contributed by atoms with Crippen molar-refractivity contribution >= 4 is 24.2 Å². The monoisotopic (exact) mass is 373 g/mol. The quantitative estimate of drug-likeness (QED) is 0.743. The van der Waals surface area contributed by atoms with Crippen LogP contribution in [0, 0.1) is 0 Å². The van der Waals surface area contributed by atoms with Crippen LogP contribution in [0.5, 0.6) is 0 Å². The van der Waals surface area contributed by atoms with Gasteiger partial charge in [-0.2, -0.15) is 0 Å². The zero-order valence-electron chi connectivity index (χ0n) is 17.5. The molecule has 2 fully saturated rings. The van der Waals surface area contributed by atoms with Gasteiger partial charge in [0.1, 0.15) is 0 Å². The van der Waals surface area contributed by atoms with Crippen molar-refractivity contribution < 1.29 is 14.1 Å². The molecule has 0 N–H and O–H groups in total. The van der Waals surface area contributed by atoms with Crippen LogP contribution in [0.25, 0.3) is 0 Å². The molecule has 0 radical (unpaired) electrons. The minimum Gasteiger partial charge on any atom is -0.399 e. The number of benzene rings is 1. The molecular formula is C20H32BN3O3. The van der Waals surface area contributed by atoms with E-state index in [2.05, 4.69) is 16.8 Å². The average molecular weight is 373 g/mol. The first-order chi connectivity index (χ1) is 12.6. The topological polar surface area (TPSA) is 45.2 Å². The third kappa shape index (κ3) is 4.37. The number of rotatable bonds is 4. The fourth-order valence-electron chi connectivity index (χ4n) is 3.28. The first-order valence-electron chi connectivity index (χ1n) is 9.72. The number of amides is 1. The first-order valence-corrected chi connectivity index (χ1v) is 9.72. The molecule has 7 heteroatoms. The first kappa shape index (κ1) is 20.3. The van der Waals surface area contributed by atoms with Gasteiger partial charge in [-0.3, -0.25) is 9.69 Å². The lowest BCUT2D eigenvalue weighted by molar-refractivity contribution is -0.119. The van der Waals surface area contributed by atoms with E-state index in [1.807, 2.05) is 59.0 Å². The molecule has 0 bridgehead atoms. The molecule has 2 saturated heterocycles. The van der Waals surface area contributed by atoms with Crippen LogP contribution in [0.15, 0.2) is 24.3 Å². The van der Waals surface area contributed by atoms with E-state index in [0.717, 1.165) is 37.3 Å². The van der Waals surface area contributed by atoms with Crippen LogP contribution in [0.4, 0.5) is 5.69 Å². The molecule has 0 atom stereocenters. The number of carbonyl (C=O) groups is 1. The molecule has 0 aliphatic carbocycles. The lowest BCUT2D eigenvalue weighted by Gasteiger charge is -2.32. The maximum Gasteiger partial charge on any atom is 0.494 e. The van der Waals surface area contributed by atoms with E-state index in [0.29, 0.717) is 6.54 Å². The predicted octanol–water partition coefficient (Wildman–Crippen LogP) is 1.20. The Bertz CT molecular complexity index is 654. The highest BCUT2D eigenvalue weighted by atomic mass is 16.7. The van der Waals surface area contributed by atoms with Gasteiger partial charge in [0.25, 0.3) is 0 Å². The molecule has 2 aliphatic heterocycles. The third-order valence-electron chi connectivity index (χ3n) is 6.13. The summed E-state index contributed by atoms with van der Waals surface area (Å²) in [4.78, 5) is 18.9. The Morgan fingerprint density at radius 2 is 1.56 bits per heavy atom. The zero-order chi connectivity index (χ0) is 19.8. The second kappa shape index (κ2) is 7.55. The molecule has 148 valence electrons. The van der Waals surface area contributed by atoms with Gasteiger partial charge in [0.05, 0.1) is 17.7 Å². The van der Waals surface area contributed by atoms with E-state index < -0.39 is 0 Å². The summed E-state index contributed by atoms with van der Waals surface area (Å²) in [5.74, 6) is 0.114. The summed E-state index contributed by atoms with van der Waals surface area (Å²) in [6.45, 7) is 12.6. The summed E-state index contributed by atoms with van der Waals surface area (Å²) in [5, 5.41) is 0. The van der Waals surface area contributed by atoms with Crippen LogP contribution in [-0.4, -0.2) is 80.8 Å². The SMILES string of the molecule is CN1CCN(CC(=O)N(C)c2ccc(B3OC(C)(C)C(C)(C)O3)cc2)CC1. The second-order valence-electron chi connectivity index (χ2n) is 8.71. The Kier molecular flexibility index (Phi) is 5.68. The van der Waals surface area contributed by atoms with Crippen LogP contribution in [0.3, 0.4) is 0 Å². The van der Waals surface area contributed by atoms with E-state index in [-0.39, 0.29) is 24.2 Å². The number of likely N-dealkylation sites (N-methyl/N-ethyl adjacent to an activating group) is 2. The van der Waals surface area contributed by atoms with Crippen LogP contribution in [0.2, 0.25) is 0 Å². The summed E-state index contributed by atoms with van der Waals surface area (Å²) in [6.07, 6.45) is 0. The van der Waals surface area contributed by atoms with Gasteiger partial charge in [0.2, 0.25) is 5.91 Å². The Labute approximate surface area is 163 Å². The molecule has 1 aromatic rings. The van der Waals surface area contributed by atoms with Crippen molar-refractivity contribution in [3.05, 3.63) is 24.3 Å². The molecule has 6 nitrogen and oxygen atoms in total. The Morgan fingerprint density at radius 3 is 2.07 bits per heavy atom. The maximum absolute atomic E-state index is 12.6. The highest BCUT2D eigenvalue weighted by Crippen LogP contribution is 2.36. The average Bonchev–Trinajstić information content (AvgIpc) is 2.84. The van der Waals surface area contributed by atoms with Crippen LogP contribution in [-0.2, 0) is 14.1 Å². The van der Waals surface area contributed by atoms with Crippen LogP contribution < -0.4 is 10.4 Å². The lowest BCUT2D eigenvalue weighted by atomic mass is 9.79. The minimum absolute atomic E-state index is 0.114. The van der Waals surface area contributed by atoms with Gasteiger partial charge in [-0.05, 0) is 52.3 Å². The number of piperazine rings is 1. The molecule has 1 amide bonds. The van der Waals surface area contributed by atoms with Crippen molar-refractivity contribution in [2.75, 3.05) is 51.7 Å². The molecule has 0 saturated carbocycles. The molecule has 2 aliphatic rings. The highest BCUT2D eigenvalue weighted by Gasteiger charge is 2.51. The van der Waals surface area contributed by atoms with Crippen LogP contribution in [0.1, 0.15) is 27.7 Å². The maximum atomic E-state index is 12.6. The molecule has 27 heavy (non-hydrogen) atoms. The fraction of sp³-hybridized carbons (Fsp3) is 0.650. The fourth-order valence-corrected chi connectivity index (χ4v) is 3.28. The van der Waals surface area contributed by atoms with E-state index >= 15 is 0 Å². The van der Waals surface area contributed by atoms with Gasteiger partial charge in [0.15, 0.2) is 0 Å². The number of hydrogen-bond donors (Lipinski definition) is 0. The molecule has 0 aromatic heterocycles. The number of anilines is 1. The summed E-state index contributed by atoms with van der Waals surface area (Å²) in [5.41, 5.74) is 1.14. The number of nitrogens with zero attached hydrogens (tertiary/aromatic N) is 3. The van der Waals surface area contributed by atoms with Crippen molar-refractivity contribution in [1.29, 1.82) is 0 Å². The largest absolute Gasteiger partial charge is 0.494 e. The standard InChI is InChI=1S/C20H32BN3O3/c1-19(2)20(3,4)27-21(26-19)16-7-9-17(10-8-16)23(6)18(25)15-24-13-11-22(5)12-14-24/h7-10H,11-15H2,1-6H3. The highest BCUT2D eigenvalue weighted by molar-refractivity contribution is 6.62. The summed E-state index contributed by atoms with van der Waals surface area (Å²) < 4.78 is 12.2. The van der Waals surface area contributed by atoms with Gasteiger partial charge in [-0.25, -0.2) is 0 Å². The number of carbonyl (C=O) groups excluding carboxylic acids is 1. The normalized spacial score (nSPS) is 22.8. The van der Waals surface area contributed by atoms with Crippen molar-refractivity contribution in [3.63, 3.8) is 0 Å². The van der Waals surface area contributed by atoms with Gasteiger partial charge in [-0.1, -0.05) is 12.1 Å².